The van der Waals surface area contributed by atoms with Crippen LogP contribution in [0.2, 0.25) is 0 Å². The highest BCUT2D eigenvalue weighted by Gasteiger charge is 2.41. The van der Waals surface area contributed by atoms with Gasteiger partial charge in [0.05, 0.1) is 30.5 Å². The quantitative estimate of drug-likeness (QED) is 0.612. The summed E-state index contributed by atoms with van der Waals surface area (Å²) >= 11 is 5.94. The molecule has 0 spiro atoms. The minimum absolute atomic E-state index is 0.0350. The van der Waals surface area contributed by atoms with Gasteiger partial charge >= 0.3 is 0 Å². The van der Waals surface area contributed by atoms with Crippen LogP contribution in [-0.4, -0.2) is 64.0 Å². The lowest BCUT2D eigenvalue weighted by Gasteiger charge is -2.44. The average molecular weight is 454 g/mol. The Morgan fingerprint density at radius 1 is 1.28 bits per heavy atom. The van der Waals surface area contributed by atoms with Gasteiger partial charge in [-0.3, -0.25) is 4.79 Å². The number of anilines is 1. The fourth-order valence-electron chi connectivity index (χ4n) is 5.03. The van der Waals surface area contributed by atoms with E-state index >= 15 is 0 Å². The first-order valence-electron chi connectivity index (χ1n) is 11.1. The van der Waals surface area contributed by atoms with Crippen LogP contribution in [0.15, 0.2) is 30.5 Å². The van der Waals surface area contributed by atoms with Crippen molar-refractivity contribution in [3.63, 3.8) is 0 Å². The molecule has 0 saturated carbocycles. The Bertz CT molecular complexity index is 1170. The zero-order valence-corrected chi connectivity index (χ0v) is 19.4. The zero-order chi connectivity index (χ0) is 22.5. The first-order chi connectivity index (χ1) is 15.4. The number of nitrogens with one attached hydrogen (secondary N) is 1. The van der Waals surface area contributed by atoms with Crippen LogP contribution in [-0.2, 0) is 21.5 Å². The van der Waals surface area contributed by atoms with E-state index in [1.807, 2.05) is 23.2 Å². The molecule has 2 aromatic heterocycles. The van der Waals surface area contributed by atoms with Crippen molar-refractivity contribution in [3.8, 4) is 11.4 Å². The molecule has 2 aliphatic rings. The Morgan fingerprint density at radius 2 is 2.12 bits per heavy atom. The number of ether oxygens (including phenoxy) is 1. The van der Waals surface area contributed by atoms with Crippen molar-refractivity contribution < 1.29 is 9.53 Å². The van der Waals surface area contributed by atoms with Crippen LogP contribution in [0.3, 0.4) is 0 Å². The number of rotatable bonds is 3. The van der Waals surface area contributed by atoms with E-state index in [-0.39, 0.29) is 17.8 Å². The van der Waals surface area contributed by atoms with Gasteiger partial charge in [0.25, 0.3) is 0 Å². The summed E-state index contributed by atoms with van der Waals surface area (Å²) in [6.07, 6.45) is 2.64. The molecule has 1 saturated heterocycles. The van der Waals surface area contributed by atoms with E-state index in [9.17, 15) is 4.79 Å². The molecule has 1 amide bonds. The molecule has 1 N–H and O–H groups in total. The molecule has 1 fully saturated rings. The second kappa shape index (κ2) is 8.05. The fraction of sp³-hybridized carbons (Fsp3) is 0.458. The van der Waals surface area contributed by atoms with Crippen LogP contribution in [0.5, 0.6) is 0 Å². The first-order valence-corrected chi connectivity index (χ1v) is 11.6. The highest BCUT2D eigenvalue weighted by atomic mass is 35.5. The van der Waals surface area contributed by atoms with Gasteiger partial charge in [-0.1, -0.05) is 12.1 Å². The summed E-state index contributed by atoms with van der Waals surface area (Å²) < 4.78 is 5.69. The van der Waals surface area contributed by atoms with Crippen molar-refractivity contribution in [2.45, 2.75) is 38.8 Å². The number of H-pyrrole nitrogens is 1. The Labute approximate surface area is 192 Å². The Hall–Kier alpha value is -2.64. The number of benzene rings is 1. The predicted octanol–water partition coefficient (Wildman–Crippen LogP) is 3.71. The number of nitrogens with zero attached hydrogens (tertiary/aromatic N) is 4. The molecule has 1 atom stereocenters. The third-order valence-electron chi connectivity index (χ3n) is 6.72. The van der Waals surface area contributed by atoms with Crippen LogP contribution in [0.4, 0.5) is 5.82 Å². The normalized spacial score (nSPS) is 20.4. The molecule has 0 radical (unpaired) electrons. The van der Waals surface area contributed by atoms with E-state index in [1.165, 1.54) is 0 Å². The molecule has 5 rings (SSSR count). The smallest absolute Gasteiger partial charge is 0.238 e. The minimum Gasteiger partial charge on any atom is -0.377 e. The van der Waals surface area contributed by atoms with E-state index in [4.69, 9.17) is 26.3 Å². The van der Waals surface area contributed by atoms with Gasteiger partial charge in [-0.25, -0.2) is 9.97 Å². The largest absolute Gasteiger partial charge is 0.377 e. The number of morpholine rings is 1. The number of halogens is 1. The van der Waals surface area contributed by atoms with Crippen molar-refractivity contribution in [1.82, 2.24) is 19.9 Å². The lowest BCUT2D eigenvalue weighted by molar-refractivity contribution is -0.134. The van der Waals surface area contributed by atoms with Gasteiger partial charge < -0.3 is 19.5 Å². The number of aromatic nitrogens is 3. The van der Waals surface area contributed by atoms with Gasteiger partial charge in [0.15, 0.2) is 5.82 Å². The van der Waals surface area contributed by atoms with Gasteiger partial charge in [0.1, 0.15) is 11.7 Å². The number of alkyl halides is 1. The molecule has 0 bridgehead atoms. The maximum atomic E-state index is 12.6. The van der Waals surface area contributed by atoms with Gasteiger partial charge in [0.2, 0.25) is 5.91 Å². The monoisotopic (exact) mass is 453 g/mol. The molecule has 32 heavy (non-hydrogen) atoms. The maximum Gasteiger partial charge on any atom is 0.238 e. The summed E-state index contributed by atoms with van der Waals surface area (Å²) in [5.74, 6) is 1.53. The van der Waals surface area contributed by atoms with Crippen LogP contribution in [0.25, 0.3) is 22.3 Å². The SMILES string of the molecule is C[C@@H]1COCCN1c1nc(-c2cccc3[nH]ccc23)nc2c1CCN(C(=O)CCl)C2(C)C. The number of hydrogen-bond acceptors (Lipinski definition) is 5. The molecule has 4 heterocycles. The van der Waals surface area contributed by atoms with Crippen LogP contribution in [0.1, 0.15) is 32.0 Å². The van der Waals surface area contributed by atoms with E-state index in [1.54, 1.807) is 0 Å². The van der Waals surface area contributed by atoms with Gasteiger partial charge in [-0.2, -0.15) is 0 Å². The lowest BCUT2D eigenvalue weighted by atomic mass is 9.87. The van der Waals surface area contributed by atoms with Gasteiger partial charge in [-0.15, -0.1) is 11.6 Å². The number of carbonyl (C=O) groups is 1. The van der Waals surface area contributed by atoms with Crippen LogP contribution < -0.4 is 4.90 Å². The van der Waals surface area contributed by atoms with Crippen molar-refractivity contribution in [2.75, 3.05) is 37.1 Å². The molecule has 8 heteroatoms. The second-order valence-electron chi connectivity index (χ2n) is 9.05. The summed E-state index contributed by atoms with van der Waals surface area (Å²) in [7, 11) is 0. The Morgan fingerprint density at radius 3 is 2.91 bits per heavy atom. The maximum absolute atomic E-state index is 12.6. The molecular formula is C24H28ClN5O2. The van der Waals surface area contributed by atoms with E-state index in [2.05, 4.69) is 42.8 Å². The third-order valence-corrected chi connectivity index (χ3v) is 6.94. The summed E-state index contributed by atoms with van der Waals surface area (Å²) in [5, 5.41) is 1.08. The molecule has 0 unspecified atom stereocenters. The predicted molar refractivity (Wildman–Crippen MR) is 126 cm³/mol. The number of amides is 1. The summed E-state index contributed by atoms with van der Waals surface area (Å²) in [6, 6.07) is 8.39. The lowest BCUT2D eigenvalue weighted by Crippen LogP contribution is -2.52. The molecule has 1 aromatic carbocycles. The number of hydrogen-bond donors (Lipinski definition) is 1. The van der Waals surface area contributed by atoms with Crippen LogP contribution in [0, 0.1) is 0 Å². The average Bonchev–Trinajstić information content (AvgIpc) is 3.27. The van der Waals surface area contributed by atoms with E-state index < -0.39 is 5.54 Å². The van der Waals surface area contributed by atoms with Crippen molar-refractivity contribution in [3.05, 3.63) is 41.7 Å². The molecule has 2 aliphatic heterocycles. The third kappa shape index (κ3) is 3.35. The Kier molecular flexibility index (Phi) is 5.34. The Balaban J connectivity index is 1.74. The van der Waals surface area contributed by atoms with Crippen molar-refractivity contribution in [2.24, 2.45) is 0 Å². The van der Waals surface area contributed by atoms with Crippen molar-refractivity contribution >= 4 is 34.2 Å². The minimum atomic E-state index is -0.590. The summed E-state index contributed by atoms with van der Waals surface area (Å²) in [6.45, 7) is 8.99. The zero-order valence-electron chi connectivity index (χ0n) is 18.7. The molecule has 7 nitrogen and oxygen atoms in total. The number of aromatic amines is 1. The summed E-state index contributed by atoms with van der Waals surface area (Å²) in [5.41, 5.74) is 3.45. The molecule has 168 valence electrons. The molecule has 0 aliphatic carbocycles. The summed E-state index contributed by atoms with van der Waals surface area (Å²) in [4.78, 5) is 30.3. The number of fused-ring (bicyclic) bond motifs is 2. The standard InChI is InChI=1S/C24H28ClN5O2/c1-15-14-32-12-11-29(15)23-18-8-10-30(20(31)13-25)24(2,3)21(18)27-22(28-23)17-5-4-6-19-16(17)7-9-26-19/h4-7,9,15,26H,8,10-14H2,1-3H3/t15-/m1/s1. The first kappa shape index (κ1) is 21.2. The fourth-order valence-corrected chi connectivity index (χ4v) is 5.17. The topological polar surface area (TPSA) is 74.3 Å². The highest BCUT2D eigenvalue weighted by Crippen LogP contribution is 2.40. The number of carbonyl (C=O) groups excluding carboxylic acids is 1. The van der Waals surface area contributed by atoms with Gasteiger partial charge in [-0.05, 0) is 39.3 Å². The molecule has 3 aromatic rings. The van der Waals surface area contributed by atoms with E-state index in [0.29, 0.717) is 32.0 Å². The van der Waals surface area contributed by atoms with Crippen molar-refractivity contribution in [1.29, 1.82) is 0 Å². The van der Waals surface area contributed by atoms with Crippen LogP contribution >= 0.6 is 11.6 Å². The second-order valence-corrected chi connectivity index (χ2v) is 9.32. The van der Waals surface area contributed by atoms with E-state index in [0.717, 1.165) is 40.1 Å². The highest BCUT2D eigenvalue weighted by molar-refractivity contribution is 6.27. The molecular weight excluding hydrogens is 426 g/mol. The van der Waals surface area contributed by atoms with Gasteiger partial charge in [0, 0.05) is 41.3 Å².